The van der Waals surface area contributed by atoms with Gasteiger partial charge >= 0.3 is 0 Å². The van der Waals surface area contributed by atoms with Crippen LogP contribution in [0, 0.1) is 0 Å². The zero-order valence-corrected chi connectivity index (χ0v) is 21.6. The molecule has 3 aromatic rings. The van der Waals surface area contributed by atoms with Gasteiger partial charge in [0.15, 0.2) is 0 Å². The minimum absolute atomic E-state index is 0.0355. The Hall–Kier alpha value is -4.14. The predicted molar refractivity (Wildman–Crippen MR) is 146 cm³/mol. The summed E-state index contributed by atoms with van der Waals surface area (Å²) in [6.07, 6.45) is 0. The normalized spacial score (nSPS) is 16.3. The Labute approximate surface area is 226 Å². The van der Waals surface area contributed by atoms with Gasteiger partial charge in [0, 0.05) is 44.0 Å². The highest BCUT2D eigenvalue weighted by Crippen LogP contribution is 2.31. The van der Waals surface area contributed by atoms with Crippen molar-refractivity contribution in [2.75, 3.05) is 43.5 Å². The van der Waals surface area contributed by atoms with Crippen molar-refractivity contribution < 1.29 is 19.1 Å². The van der Waals surface area contributed by atoms with Gasteiger partial charge in [-0.1, -0.05) is 48.0 Å². The Morgan fingerprint density at radius 1 is 0.895 bits per heavy atom. The number of imide groups is 1. The highest BCUT2D eigenvalue weighted by atomic mass is 35.5. The highest BCUT2D eigenvalue weighted by Gasteiger charge is 2.39. The molecule has 194 valence electrons. The van der Waals surface area contributed by atoms with E-state index in [1.165, 1.54) is 12.7 Å². The third-order valence-corrected chi connectivity index (χ3v) is 7.00. The van der Waals surface area contributed by atoms with Crippen molar-refractivity contribution in [3.8, 4) is 5.75 Å². The number of hydrogen-bond acceptors (Lipinski definition) is 6. The van der Waals surface area contributed by atoms with Crippen LogP contribution in [0.15, 0.2) is 89.6 Å². The number of anilines is 2. The zero-order chi connectivity index (χ0) is 26.6. The number of benzene rings is 3. The summed E-state index contributed by atoms with van der Waals surface area (Å²) < 4.78 is 5.14. The summed E-state index contributed by atoms with van der Waals surface area (Å²) in [6, 6.07) is 23.7. The maximum Gasteiger partial charge on any atom is 0.283 e. The monoisotopic (exact) mass is 530 g/mol. The third kappa shape index (κ3) is 5.27. The summed E-state index contributed by atoms with van der Waals surface area (Å²) in [5, 5.41) is 2.75. The van der Waals surface area contributed by atoms with Gasteiger partial charge in [0.2, 0.25) is 0 Å². The van der Waals surface area contributed by atoms with Crippen LogP contribution >= 0.6 is 11.6 Å². The van der Waals surface area contributed by atoms with E-state index < -0.39 is 11.8 Å². The van der Waals surface area contributed by atoms with Crippen molar-refractivity contribution in [1.82, 2.24) is 9.80 Å². The fourth-order valence-electron chi connectivity index (χ4n) is 4.58. The Bertz CT molecular complexity index is 1380. The van der Waals surface area contributed by atoms with Crippen molar-refractivity contribution >= 4 is 40.7 Å². The van der Waals surface area contributed by atoms with E-state index in [2.05, 4.69) is 22.3 Å². The van der Waals surface area contributed by atoms with Crippen LogP contribution in [0.1, 0.15) is 15.9 Å². The standard InChI is InChI=1S/C29H27ClN4O4/c1-38-24-12-10-23(11-13-24)34-28(36)25(30)26(29(34)37)31-22-9-5-8-21(18-22)27(35)33-16-14-32(15-17-33)19-20-6-3-2-4-7-20/h2-13,18,31H,14-17,19H2,1H3. The molecule has 0 aromatic heterocycles. The summed E-state index contributed by atoms with van der Waals surface area (Å²) in [5.74, 6) is -0.674. The number of piperazine rings is 1. The molecule has 3 aromatic carbocycles. The number of nitrogens with zero attached hydrogens (tertiary/aromatic N) is 3. The lowest BCUT2D eigenvalue weighted by molar-refractivity contribution is -0.120. The smallest absolute Gasteiger partial charge is 0.283 e. The number of hydrogen-bond donors (Lipinski definition) is 1. The van der Waals surface area contributed by atoms with Crippen molar-refractivity contribution in [2.24, 2.45) is 0 Å². The number of rotatable bonds is 7. The Kier molecular flexibility index (Phi) is 7.44. The molecule has 0 spiro atoms. The fourth-order valence-corrected chi connectivity index (χ4v) is 4.80. The van der Waals surface area contributed by atoms with E-state index in [0.717, 1.165) is 24.5 Å². The molecule has 0 saturated carbocycles. The molecule has 0 unspecified atom stereocenters. The van der Waals surface area contributed by atoms with Crippen LogP contribution in [0.5, 0.6) is 5.75 Å². The van der Waals surface area contributed by atoms with E-state index in [4.69, 9.17) is 16.3 Å². The number of carbonyl (C=O) groups excluding carboxylic acids is 3. The van der Waals surface area contributed by atoms with Gasteiger partial charge in [-0.05, 0) is 48.0 Å². The first kappa shape index (κ1) is 25.5. The quantitative estimate of drug-likeness (QED) is 0.463. The van der Waals surface area contributed by atoms with Gasteiger partial charge in [0.25, 0.3) is 17.7 Å². The molecule has 2 heterocycles. The molecule has 38 heavy (non-hydrogen) atoms. The lowest BCUT2D eigenvalue weighted by Crippen LogP contribution is -2.48. The van der Waals surface area contributed by atoms with Crippen molar-refractivity contribution in [2.45, 2.75) is 6.54 Å². The summed E-state index contributed by atoms with van der Waals surface area (Å²) in [7, 11) is 1.53. The van der Waals surface area contributed by atoms with E-state index in [0.29, 0.717) is 35.8 Å². The van der Waals surface area contributed by atoms with Gasteiger partial charge in [0.1, 0.15) is 16.5 Å². The summed E-state index contributed by atoms with van der Waals surface area (Å²) in [6.45, 7) is 3.70. The molecular formula is C29H27ClN4O4. The van der Waals surface area contributed by atoms with Crippen LogP contribution in [0.2, 0.25) is 0 Å². The second kappa shape index (κ2) is 11.1. The molecule has 1 fully saturated rings. The Balaban J connectivity index is 1.24. The van der Waals surface area contributed by atoms with Crippen LogP contribution in [0.25, 0.3) is 0 Å². The molecule has 8 nitrogen and oxygen atoms in total. The van der Waals surface area contributed by atoms with Crippen molar-refractivity contribution in [3.63, 3.8) is 0 Å². The first-order chi connectivity index (χ1) is 18.4. The van der Waals surface area contributed by atoms with Gasteiger partial charge in [-0.2, -0.15) is 0 Å². The maximum atomic E-state index is 13.2. The van der Waals surface area contributed by atoms with Gasteiger partial charge in [-0.3, -0.25) is 19.3 Å². The second-order valence-corrected chi connectivity index (χ2v) is 9.47. The van der Waals surface area contributed by atoms with Crippen LogP contribution in [-0.4, -0.2) is 60.8 Å². The molecule has 0 bridgehead atoms. The number of ether oxygens (including phenoxy) is 1. The van der Waals surface area contributed by atoms with Crippen LogP contribution in [-0.2, 0) is 16.1 Å². The fraction of sp³-hybridized carbons (Fsp3) is 0.207. The molecule has 1 N–H and O–H groups in total. The number of amides is 3. The first-order valence-electron chi connectivity index (χ1n) is 12.3. The minimum atomic E-state index is -0.620. The zero-order valence-electron chi connectivity index (χ0n) is 20.9. The van der Waals surface area contributed by atoms with Crippen LogP contribution in [0.4, 0.5) is 11.4 Å². The van der Waals surface area contributed by atoms with Crippen molar-refractivity contribution in [3.05, 3.63) is 101 Å². The van der Waals surface area contributed by atoms with Gasteiger partial charge in [-0.15, -0.1) is 0 Å². The minimum Gasteiger partial charge on any atom is -0.497 e. The molecular weight excluding hydrogens is 504 g/mol. The van der Waals surface area contributed by atoms with Crippen molar-refractivity contribution in [1.29, 1.82) is 0 Å². The average Bonchev–Trinajstić information content (AvgIpc) is 3.16. The molecule has 5 rings (SSSR count). The SMILES string of the molecule is COc1ccc(N2C(=O)C(Cl)=C(Nc3cccc(C(=O)N4CCN(Cc5ccccc5)CC4)c3)C2=O)cc1. The average molecular weight is 531 g/mol. The summed E-state index contributed by atoms with van der Waals surface area (Å²) in [4.78, 5) is 44.3. The molecule has 0 radical (unpaired) electrons. The molecule has 2 aliphatic heterocycles. The molecule has 9 heteroatoms. The molecule has 2 aliphatic rings. The first-order valence-corrected chi connectivity index (χ1v) is 12.7. The molecule has 0 atom stereocenters. The van der Waals surface area contributed by atoms with E-state index in [1.54, 1.807) is 48.5 Å². The molecule has 3 amide bonds. The van der Waals surface area contributed by atoms with E-state index in [9.17, 15) is 14.4 Å². The molecule has 0 aliphatic carbocycles. The van der Waals surface area contributed by atoms with Gasteiger partial charge < -0.3 is 15.0 Å². The van der Waals surface area contributed by atoms with Gasteiger partial charge in [-0.25, -0.2) is 4.90 Å². The van der Waals surface area contributed by atoms with E-state index in [1.807, 2.05) is 23.1 Å². The van der Waals surface area contributed by atoms with Crippen LogP contribution in [0.3, 0.4) is 0 Å². The van der Waals surface area contributed by atoms with E-state index in [-0.39, 0.29) is 16.6 Å². The lowest BCUT2D eigenvalue weighted by Gasteiger charge is -2.34. The van der Waals surface area contributed by atoms with E-state index >= 15 is 0 Å². The highest BCUT2D eigenvalue weighted by molar-refractivity contribution is 6.53. The summed E-state index contributed by atoms with van der Waals surface area (Å²) >= 11 is 6.27. The number of halogens is 1. The Morgan fingerprint density at radius 2 is 1.61 bits per heavy atom. The lowest BCUT2D eigenvalue weighted by atomic mass is 10.1. The maximum absolute atomic E-state index is 13.2. The summed E-state index contributed by atoms with van der Waals surface area (Å²) in [5.41, 5.74) is 2.58. The number of nitrogens with one attached hydrogen (secondary N) is 1. The number of carbonyl (C=O) groups is 3. The topological polar surface area (TPSA) is 82.2 Å². The second-order valence-electron chi connectivity index (χ2n) is 9.09. The Morgan fingerprint density at radius 3 is 2.29 bits per heavy atom. The predicted octanol–water partition coefficient (Wildman–Crippen LogP) is 4.09. The largest absolute Gasteiger partial charge is 0.497 e. The van der Waals surface area contributed by atoms with Crippen LogP contribution < -0.4 is 15.0 Å². The number of methoxy groups -OCH3 is 1. The van der Waals surface area contributed by atoms with Gasteiger partial charge in [0.05, 0.1) is 12.8 Å². The third-order valence-electron chi connectivity index (χ3n) is 6.65. The molecule has 1 saturated heterocycles.